The van der Waals surface area contributed by atoms with Crippen LogP contribution in [0, 0.1) is 0 Å². The molecule has 14 nitrogen and oxygen atoms in total. The summed E-state index contributed by atoms with van der Waals surface area (Å²) < 4.78 is 0. The number of hydrogen-bond acceptors (Lipinski definition) is 8. The zero-order chi connectivity index (χ0) is 25.8. The fraction of sp³-hybridized carbons (Fsp3) is 0.400. The molecule has 5 amide bonds. The molecule has 0 bridgehead atoms. The Morgan fingerprint density at radius 2 is 1.50 bits per heavy atom. The third-order valence-corrected chi connectivity index (χ3v) is 4.51. The fourth-order valence-corrected chi connectivity index (χ4v) is 2.72. The number of carboxylic acid groups (broad SMARTS) is 1. The van der Waals surface area contributed by atoms with E-state index in [1.54, 1.807) is 0 Å². The Morgan fingerprint density at radius 3 is 2.03 bits per heavy atom. The Hall–Kier alpha value is -4.20. The van der Waals surface area contributed by atoms with Crippen LogP contribution >= 0.6 is 0 Å². The SMILES string of the molecule is NC(=O)CCC(N)C(=O)NCC(=O)NC(CC(N)=O)C(=O)NC(Cc1ccc(O)cc1)C(=O)O. The predicted molar refractivity (Wildman–Crippen MR) is 117 cm³/mol. The number of rotatable bonds is 14. The van der Waals surface area contributed by atoms with Crippen LogP contribution in [0.15, 0.2) is 24.3 Å². The van der Waals surface area contributed by atoms with Gasteiger partial charge in [0.25, 0.3) is 0 Å². The largest absolute Gasteiger partial charge is 0.508 e. The van der Waals surface area contributed by atoms with Crippen molar-refractivity contribution in [2.75, 3.05) is 6.54 Å². The number of carbonyl (C=O) groups excluding carboxylic acids is 5. The molecule has 14 heteroatoms. The number of benzene rings is 1. The first kappa shape index (κ1) is 27.8. The molecule has 11 N–H and O–H groups in total. The topological polar surface area (TPSA) is 257 Å². The van der Waals surface area contributed by atoms with Gasteiger partial charge in [-0.1, -0.05) is 12.1 Å². The highest BCUT2D eigenvalue weighted by Crippen LogP contribution is 2.11. The van der Waals surface area contributed by atoms with E-state index in [0.29, 0.717) is 5.56 Å². The maximum absolute atomic E-state index is 12.6. The minimum atomic E-state index is -1.51. The Labute approximate surface area is 194 Å². The number of aromatic hydroxyl groups is 1. The van der Waals surface area contributed by atoms with Gasteiger partial charge in [0.1, 0.15) is 17.8 Å². The Morgan fingerprint density at radius 1 is 0.882 bits per heavy atom. The van der Waals surface area contributed by atoms with Crippen LogP contribution in [0.1, 0.15) is 24.8 Å². The van der Waals surface area contributed by atoms with Crippen molar-refractivity contribution in [3.63, 3.8) is 0 Å². The molecule has 3 unspecified atom stereocenters. The zero-order valence-corrected chi connectivity index (χ0v) is 18.2. The number of nitrogens with two attached hydrogens (primary N) is 3. The molecule has 0 aliphatic carbocycles. The predicted octanol–water partition coefficient (Wildman–Crippen LogP) is -3.43. The van der Waals surface area contributed by atoms with Crippen LogP contribution in [0.4, 0.5) is 0 Å². The van der Waals surface area contributed by atoms with Gasteiger partial charge in [-0.15, -0.1) is 0 Å². The molecule has 0 aromatic heterocycles. The highest BCUT2D eigenvalue weighted by Gasteiger charge is 2.28. The van der Waals surface area contributed by atoms with Crippen molar-refractivity contribution in [1.82, 2.24) is 16.0 Å². The van der Waals surface area contributed by atoms with Crippen molar-refractivity contribution in [3.8, 4) is 5.75 Å². The average Bonchev–Trinajstić information content (AvgIpc) is 2.75. The van der Waals surface area contributed by atoms with Crippen LogP contribution in [0.3, 0.4) is 0 Å². The molecule has 3 atom stereocenters. The molecule has 0 saturated heterocycles. The quantitative estimate of drug-likeness (QED) is 0.132. The molecular weight excluding hydrogens is 452 g/mol. The summed E-state index contributed by atoms with van der Waals surface area (Å²) >= 11 is 0. The maximum Gasteiger partial charge on any atom is 0.326 e. The van der Waals surface area contributed by atoms with Crippen molar-refractivity contribution in [2.24, 2.45) is 17.2 Å². The monoisotopic (exact) mass is 480 g/mol. The molecule has 0 aliphatic rings. The molecule has 1 aromatic rings. The van der Waals surface area contributed by atoms with E-state index in [-0.39, 0.29) is 25.0 Å². The third-order valence-electron chi connectivity index (χ3n) is 4.51. The summed E-state index contributed by atoms with van der Waals surface area (Å²) in [5, 5.41) is 25.4. The van der Waals surface area contributed by atoms with Gasteiger partial charge >= 0.3 is 5.97 Å². The van der Waals surface area contributed by atoms with E-state index in [0.717, 1.165) is 0 Å². The Balaban J connectivity index is 2.73. The molecule has 0 aliphatic heterocycles. The number of phenolic OH excluding ortho intramolecular Hbond substituents is 1. The Bertz CT molecular complexity index is 920. The third kappa shape index (κ3) is 10.4. The van der Waals surface area contributed by atoms with Gasteiger partial charge in [-0.2, -0.15) is 0 Å². The molecule has 0 saturated carbocycles. The van der Waals surface area contributed by atoms with Crippen LogP contribution < -0.4 is 33.2 Å². The van der Waals surface area contributed by atoms with Crippen LogP contribution in [0.5, 0.6) is 5.75 Å². The van der Waals surface area contributed by atoms with Crippen LogP contribution in [-0.4, -0.2) is 70.4 Å². The highest BCUT2D eigenvalue weighted by atomic mass is 16.4. The number of hydrogen-bond donors (Lipinski definition) is 8. The molecule has 0 fully saturated rings. The number of carboxylic acids is 1. The lowest BCUT2D eigenvalue weighted by Crippen LogP contribution is -2.55. The molecule has 1 rings (SSSR count). The van der Waals surface area contributed by atoms with Gasteiger partial charge in [0, 0.05) is 12.8 Å². The molecule has 186 valence electrons. The van der Waals surface area contributed by atoms with E-state index in [1.165, 1.54) is 24.3 Å². The summed E-state index contributed by atoms with van der Waals surface area (Å²) in [6.45, 7) is -0.610. The lowest BCUT2D eigenvalue weighted by molar-refractivity contribution is -0.142. The van der Waals surface area contributed by atoms with Crippen molar-refractivity contribution in [1.29, 1.82) is 0 Å². The first-order chi connectivity index (χ1) is 15.9. The van der Waals surface area contributed by atoms with Gasteiger partial charge in [-0.25, -0.2) is 4.79 Å². The first-order valence-electron chi connectivity index (χ1n) is 10.1. The molecule has 1 aromatic carbocycles. The lowest BCUT2D eigenvalue weighted by atomic mass is 10.0. The van der Waals surface area contributed by atoms with E-state index in [1.807, 2.05) is 0 Å². The number of nitrogens with one attached hydrogen (secondary N) is 3. The second-order valence-electron chi connectivity index (χ2n) is 7.39. The van der Waals surface area contributed by atoms with E-state index in [9.17, 15) is 39.0 Å². The number of phenols is 1. The zero-order valence-electron chi connectivity index (χ0n) is 18.2. The minimum absolute atomic E-state index is 0.0233. The minimum Gasteiger partial charge on any atom is -0.508 e. The second-order valence-corrected chi connectivity index (χ2v) is 7.39. The molecular formula is C20H28N6O8. The van der Waals surface area contributed by atoms with Gasteiger partial charge < -0.3 is 43.4 Å². The summed E-state index contributed by atoms with van der Waals surface area (Å²) in [6.07, 6.45) is -0.934. The van der Waals surface area contributed by atoms with Gasteiger partial charge in [0.05, 0.1) is 19.0 Å². The normalized spacial score (nSPS) is 13.1. The summed E-state index contributed by atoms with van der Waals surface area (Å²) in [7, 11) is 0. The molecule has 0 radical (unpaired) electrons. The highest BCUT2D eigenvalue weighted by molar-refractivity contribution is 5.95. The van der Waals surface area contributed by atoms with Gasteiger partial charge in [0.15, 0.2) is 0 Å². The second kappa shape index (κ2) is 13.4. The van der Waals surface area contributed by atoms with Crippen LogP contribution in [-0.2, 0) is 35.2 Å². The number of aliphatic carboxylic acids is 1. The number of amides is 5. The summed E-state index contributed by atoms with van der Waals surface area (Å²) in [6, 6.07) is 1.62. The van der Waals surface area contributed by atoms with Crippen molar-refractivity contribution in [3.05, 3.63) is 29.8 Å². The van der Waals surface area contributed by atoms with Crippen molar-refractivity contribution in [2.45, 2.75) is 43.8 Å². The maximum atomic E-state index is 12.6. The first-order valence-corrected chi connectivity index (χ1v) is 10.1. The molecule has 34 heavy (non-hydrogen) atoms. The van der Waals surface area contributed by atoms with Gasteiger partial charge in [0.2, 0.25) is 29.5 Å². The van der Waals surface area contributed by atoms with Crippen molar-refractivity contribution >= 4 is 35.5 Å². The van der Waals surface area contributed by atoms with Crippen LogP contribution in [0.2, 0.25) is 0 Å². The average molecular weight is 480 g/mol. The van der Waals surface area contributed by atoms with E-state index >= 15 is 0 Å². The lowest BCUT2D eigenvalue weighted by Gasteiger charge is -2.21. The summed E-state index contributed by atoms with van der Waals surface area (Å²) in [5.41, 5.74) is 16.2. The van der Waals surface area contributed by atoms with Crippen molar-refractivity contribution < 1.29 is 39.0 Å². The fourth-order valence-electron chi connectivity index (χ4n) is 2.72. The van der Waals surface area contributed by atoms with E-state index < -0.39 is 66.6 Å². The number of primary amides is 2. The standard InChI is InChI=1S/C20H28N6O8/c21-12(5-6-15(22)28)18(31)24-9-17(30)25-13(8-16(23)29)19(32)26-14(20(33)34)7-10-1-3-11(27)4-2-10/h1-4,12-14,27H,5-9,21H2,(H2,22,28)(H2,23,29)(H,24,31)(H,25,30)(H,26,32)(H,33,34). The molecule has 0 spiro atoms. The van der Waals surface area contributed by atoms with Gasteiger partial charge in [-0.05, 0) is 24.1 Å². The van der Waals surface area contributed by atoms with E-state index in [2.05, 4.69) is 16.0 Å². The van der Waals surface area contributed by atoms with E-state index in [4.69, 9.17) is 17.2 Å². The Kier molecular flexibility index (Phi) is 10.9. The van der Waals surface area contributed by atoms with Crippen LogP contribution in [0.25, 0.3) is 0 Å². The summed E-state index contributed by atoms with van der Waals surface area (Å²) in [4.78, 5) is 70.3. The molecule has 0 heterocycles. The summed E-state index contributed by atoms with van der Waals surface area (Å²) in [5.74, 6) is -5.58. The smallest absolute Gasteiger partial charge is 0.326 e. The van der Waals surface area contributed by atoms with Gasteiger partial charge in [-0.3, -0.25) is 24.0 Å². The number of carbonyl (C=O) groups is 6.